The van der Waals surface area contributed by atoms with E-state index < -0.39 is 0 Å². The third kappa shape index (κ3) is 7.37. The van der Waals surface area contributed by atoms with Crippen molar-refractivity contribution in [2.45, 2.75) is 59.2 Å². The lowest BCUT2D eigenvalue weighted by molar-refractivity contribution is -0.124. The highest BCUT2D eigenvalue weighted by atomic mass is 16.5. The quantitative estimate of drug-likeness (QED) is 0.772. The molecule has 1 rings (SSSR count). The largest absolute Gasteiger partial charge is 0.493 e. The number of ether oxygens (including phenoxy) is 2. The molecule has 1 unspecified atom stereocenters. The van der Waals surface area contributed by atoms with Gasteiger partial charge in [-0.2, -0.15) is 0 Å². The number of nitrogens with one attached hydrogen (secondary N) is 2. The fourth-order valence-electron chi connectivity index (χ4n) is 1.98. The zero-order valence-corrected chi connectivity index (χ0v) is 15.2. The first kappa shape index (κ1) is 19.3. The second kappa shape index (κ2) is 8.77. The molecule has 1 atom stereocenters. The lowest BCUT2D eigenvalue weighted by Gasteiger charge is -2.20. The Morgan fingerprint density at radius 2 is 1.96 bits per heavy atom. The maximum absolute atomic E-state index is 11.8. The van der Waals surface area contributed by atoms with Gasteiger partial charge in [0.1, 0.15) is 0 Å². The molecule has 0 aliphatic carbocycles. The first-order valence-electron chi connectivity index (χ1n) is 8.09. The predicted molar refractivity (Wildman–Crippen MR) is 93.0 cm³/mol. The molecule has 1 aromatic rings. The molecule has 130 valence electrons. The lowest BCUT2D eigenvalue weighted by atomic mass is 10.1. The summed E-state index contributed by atoms with van der Waals surface area (Å²) < 4.78 is 10.9. The van der Waals surface area contributed by atoms with Gasteiger partial charge in [0, 0.05) is 18.1 Å². The molecule has 1 aromatic carbocycles. The fourth-order valence-corrected chi connectivity index (χ4v) is 1.98. The number of hydrogen-bond acceptors (Lipinski definition) is 4. The Morgan fingerprint density at radius 1 is 1.26 bits per heavy atom. The minimum Gasteiger partial charge on any atom is -0.493 e. The third-order valence-corrected chi connectivity index (χ3v) is 3.37. The summed E-state index contributed by atoms with van der Waals surface area (Å²) in [6, 6.07) is 6.23. The van der Waals surface area contributed by atoms with E-state index in [1.165, 1.54) is 0 Å². The maximum Gasteiger partial charge on any atom is 0.258 e. The zero-order valence-electron chi connectivity index (χ0n) is 15.2. The van der Waals surface area contributed by atoms with E-state index in [-0.39, 0.29) is 18.1 Å². The van der Waals surface area contributed by atoms with Gasteiger partial charge in [-0.1, -0.05) is 13.0 Å². The van der Waals surface area contributed by atoms with Crippen LogP contribution in [0.1, 0.15) is 46.6 Å². The molecule has 1 amide bonds. The molecule has 0 aliphatic rings. The smallest absolute Gasteiger partial charge is 0.258 e. The van der Waals surface area contributed by atoms with E-state index in [1.54, 1.807) is 7.11 Å². The number of rotatable bonds is 8. The van der Waals surface area contributed by atoms with E-state index in [0.717, 1.165) is 18.5 Å². The number of benzene rings is 1. The van der Waals surface area contributed by atoms with Gasteiger partial charge in [-0.05, 0) is 51.8 Å². The minimum atomic E-state index is -0.268. The topological polar surface area (TPSA) is 59.6 Å². The molecule has 0 aliphatic heterocycles. The molecule has 2 N–H and O–H groups in total. The number of carbonyl (C=O) groups is 1. The number of methoxy groups -OCH3 is 1. The van der Waals surface area contributed by atoms with E-state index in [0.29, 0.717) is 17.5 Å². The van der Waals surface area contributed by atoms with Gasteiger partial charge in [0.05, 0.1) is 7.11 Å². The van der Waals surface area contributed by atoms with Crippen LogP contribution in [0.15, 0.2) is 18.2 Å². The van der Waals surface area contributed by atoms with Crippen molar-refractivity contribution in [1.29, 1.82) is 0 Å². The van der Waals surface area contributed by atoms with Crippen molar-refractivity contribution in [2.24, 2.45) is 0 Å². The van der Waals surface area contributed by atoms with Crippen LogP contribution in [0.2, 0.25) is 0 Å². The SMILES string of the molecule is CCC(C)NCc1ccc(OCC(=O)NC(C)(C)C)c(OC)c1. The summed E-state index contributed by atoms with van der Waals surface area (Å²) in [5.41, 5.74) is 0.851. The summed E-state index contributed by atoms with van der Waals surface area (Å²) in [4.78, 5) is 11.8. The Morgan fingerprint density at radius 3 is 2.52 bits per heavy atom. The van der Waals surface area contributed by atoms with E-state index in [2.05, 4.69) is 24.5 Å². The Kier molecular flexibility index (Phi) is 7.36. The van der Waals surface area contributed by atoms with Crippen molar-refractivity contribution in [2.75, 3.05) is 13.7 Å². The van der Waals surface area contributed by atoms with E-state index in [1.807, 2.05) is 39.0 Å². The molecule has 0 aromatic heterocycles. The summed E-state index contributed by atoms with van der Waals surface area (Å²) in [6.45, 7) is 10.9. The predicted octanol–water partition coefficient (Wildman–Crippen LogP) is 2.88. The first-order valence-corrected chi connectivity index (χ1v) is 8.09. The highest BCUT2D eigenvalue weighted by Crippen LogP contribution is 2.28. The van der Waals surface area contributed by atoms with Crippen LogP contribution >= 0.6 is 0 Å². The Balaban J connectivity index is 2.64. The molecule has 5 nitrogen and oxygen atoms in total. The van der Waals surface area contributed by atoms with Crippen molar-refractivity contribution < 1.29 is 14.3 Å². The van der Waals surface area contributed by atoms with Crippen molar-refractivity contribution >= 4 is 5.91 Å². The summed E-state index contributed by atoms with van der Waals surface area (Å²) in [5, 5.41) is 6.30. The van der Waals surface area contributed by atoms with Gasteiger partial charge in [0.2, 0.25) is 0 Å². The lowest BCUT2D eigenvalue weighted by Crippen LogP contribution is -2.43. The van der Waals surface area contributed by atoms with Crippen LogP contribution in [0.5, 0.6) is 11.5 Å². The summed E-state index contributed by atoms with van der Waals surface area (Å²) in [6.07, 6.45) is 1.08. The zero-order chi connectivity index (χ0) is 17.5. The molecule has 23 heavy (non-hydrogen) atoms. The van der Waals surface area contributed by atoms with Gasteiger partial charge in [-0.3, -0.25) is 4.79 Å². The summed E-state index contributed by atoms with van der Waals surface area (Å²) in [5.74, 6) is 1.06. The average Bonchev–Trinajstić information content (AvgIpc) is 2.49. The molecule has 0 spiro atoms. The van der Waals surface area contributed by atoms with Crippen molar-refractivity contribution in [3.8, 4) is 11.5 Å². The standard InChI is InChI=1S/C18H30N2O3/c1-7-13(2)19-11-14-8-9-15(16(10-14)22-6)23-12-17(21)20-18(3,4)5/h8-10,13,19H,7,11-12H2,1-6H3,(H,20,21). The fraction of sp³-hybridized carbons (Fsp3) is 0.611. The third-order valence-electron chi connectivity index (χ3n) is 3.37. The molecule has 0 saturated heterocycles. The Hall–Kier alpha value is -1.75. The molecule has 0 heterocycles. The van der Waals surface area contributed by atoms with E-state index in [4.69, 9.17) is 9.47 Å². The van der Waals surface area contributed by atoms with Crippen molar-refractivity contribution in [1.82, 2.24) is 10.6 Å². The van der Waals surface area contributed by atoms with Crippen molar-refractivity contribution in [3.63, 3.8) is 0 Å². The number of amides is 1. The second-order valence-electron chi connectivity index (χ2n) is 6.76. The van der Waals surface area contributed by atoms with Gasteiger partial charge in [-0.25, -0.2) is 0 Å². The van der Waals surface area contributed by atoms with Crippen LogP contribution in [0, 0.1) is 0 Å². The number of carbonyl (C=O) groups excluding carboxylic acids is 1. The molecular weight excluding hydrogens is 292 g/mol. The first-order chi connectivity index (χ1) is 10.7. The van der Waals surface area contributed by atoms with Crippen LogP contribution in [-0.4, -0.2) is 31.2 Å². The minimum absolute atomic E-state index is 0.0297. The number of hydrogen-bond donors (Lipinski definition) is 2. The van der Waals surface area contributed by atoms with E-state index >= 15 is 0 Å². The maximum atomic E-state index is 11.8. The van der Waals surface area contributed by atoms with Gasteiger partial charge in [-0.15, -0.1) is 0 Å². The van der Waals surface area contributed by atoms with Gasteiger partial charge in [0.25, 0.3) is 5.91 Å². The summed E-state index contributed by atoms with van der Waals surface area (Å²) in [7, 11) is 1.60. The van der Waals surface area contributed by atoms with Gasteiger partial charge < -0.3 is 20.1 Å². The molecule has 0 radical (unpaired) electrons. The Labute approximate surface area is 139 Å². The van der Waals surface area contributed by atoms with Crippen molar-refractivity contribution in [3.05, 3.63) is 23.8 Å². The van der Waals surface area contributed by atoms with Crippen LogP contribution in [0.25, 0.3) is 0 Å². The van der Waals surface area contributed by atoms with Crippen LogP contribution < -0.4 is 20.1 Å². The molecule has 0 bridgehead atoms. The Bertz CT molecular complexity index is 509. The monoisotopic (exact) mass is 322 g/mol. The van der Waals surface area contributed by atoms with Crippen LogP contribution in [0.4, 0.5) is 0 Å². The van der Waals surface area contributed by atoms with Crippen LogP contribution in [0.3, 0.4) is 0 Å². The second-order valence-corrected chi connectivity index (χ2v) is 6.76. The van der Waals surface area contributed by atoms with Gasteiger partial charge >= 0.3 is 0 Å². The highest BCUT2D eigenvalue weighted by molar-refractivity contribution is 5.78. The van der Waals surface area contributed by atoms with Gasteiger partial charge in [0.15, 0.2) is 18.1 Å². The highest BCUT2D eigenvalue weighted by Gasteiger charge is 2.15. The van der Waals surface area contributed by atoms with E-state index in [9.17, 15) is 4.79 Å². The normalized spacial score (nSPS) is 12.6. The molecular formula is C18H30N2O3. The molecule has 0 saturated carbocycles. The summed E-state index contributed by atoms with van der Waals surface area (Å²) >= 11 is 0. The van der Waals surface area contributed by atoms with Crippen LogP contribution in [-0.2, 0) is 11.3 Å². The molecule has 5 heteroatoms. The molecule has 0 fully saturated rings. The average molecular weight is 322 g/mol.